The maximum absolute atomic E-state index is 13.1. The fraction of sp³-hybridized carbons (Fsp3) is 0.200. The SMILES string of the molecule is COc1ccc(Cn2nnc(C(=O)c3cc(OC)c(OC)cc3N)c2OC(=O)O)cc1. The molecular formula is C20H20N4O7. The van der Waals surface area contributed by atoms with Gasteiger partial charge in [-0.15, -0.1) is 5.10 Å². The lowest BCUT2D eigenvalue weighted by atomic mass is 10.1. The average molecular weight is 428 g/mol. The van der Waals surface area contributed by atoms with Gasteiger partial charge in [0.15, 0.2) is 17.2 Å². The molecule has 3 N–H and O–H groups in total. The van der Waals surface area contributed by atoms with Gasteiger partial charge in [-0.25, -0.2) is 9.48 Å². The lowest BCUT2D eigenvalue weighted by Gasteiger charge is -2.11. The molecule has 0 fully saturated rings. The zero-order valence-electron chi connectivity index (χ0n) is 17.0. The summed E-state index contributed by atoms with van der Waals surface area (Å²) in [6, 6.07) is 9.80. The summed E-state index contributed by atoms with van der Waals surface area (Å²) in [5.74, 6) is 0.246. The molecule has 0 aliphatic carbocycles. The number of nitrogens with two attached hydrogens (primary N) is 1. The minimum absolute atomic E-state index is 0.0318. The fourth-order valence-electron chi connectivity index (χ4n) is 2.86. The monoisotopic (exact) mass is 428 g/mol. The van der Waals surface area contributed by atoms with Gasteiger partial charge >= 0.3 is 6.16 Å². The van der Waals surface area contributed by atoms with Crippen molar-refractivity contribution in [3.8, 4) is 23.1 Å². The van der Waals surface area contributed by atoms with Gasteiger partial charge in [-0.2, -0.15) is 0 Å². The second-order valence-corrected chi connectivity index (χ2v) is 6.24. The summed E-state index contributed by atoms with van der Waals surface area (Å²) in [7, 11) is 4.39. The van der Waals surface area contributed by atoms with E-state index in [1.165, 1.54) is 31.0 Å². The predicted octanol–water partition coefficient (Wildman–Crippen LogP) is 2.22. The number of aromatic nitrogens is 3. The Kier molecular flexibility index (Phi) is 6.24. The Hall–Kier alpha value is -4.28. The van der Waals surface area contributed by atoms with Crippen LogP contribution in [0.5, 0.6) is 23.1 Å². The van der Waals surface area contributed by atoms with E-state index in [4.69, 9.17) is 29.8 Å². The van der Waals surface area contributed by atoms with Crippen molar-refractivity contribution in [2.75, 3.05) is 27.1 Å². The van der Waals surface area contributed by atoms with Gasteiger partial charge in [0, 0.05) is 11.8 Å². The summed E-state index contributed by atoms with van der Waals surface area (Å²) in [5.41, 5.74) is 6.56. The van der Waals surface area contributed by atoms with Crippen molar-refractivity contribution in [3.63, 3.8) is 0 Å². The summed E-state index contributed by atoms with van der Waals surface area (Å²) in [6.07, 6.45) is -1.62. The van der Waals surface area contributed by atoms with Crippen LogP contribution in [0.4, 0.5) is 10.5 Å². The molecule has 3 aromatic rings. The van der Waals surface area contributed by atoms with Crippen LogP contribution in [0.2, 0.25) is 0 Å². The topological polar surface area (TPSA) is 148 Å². The summed E-state index contributed by atoms with van der Waals surface area (Å²) >= 11 is 0. The number of carbonyl (C=O) groups excluding carboxylic acids is 1. The molecule has 11 nitrogen and oxygen atoms in total. The average Bonchev–Trinajstić information content (AvgIpc) is 3.14. The number of carboxylic acid groups (broad SMARTS) is 1. The molecule has 3 rings (SSSR count). The van der Waals surface area contributed by atoms with Crippen LogP contribution in [0.15, 0.2) is 36.4 Å². The molecule has 1 aromatic heterocycles. The van der Waals surface area contributed by atoms with Crippen molar-refractivity contribution in [1.29, 1.82) is 0 Å². The van der Waals surface area contributed by atoms with Gasteiger partial charge in [0.05, 0.1) is 33.4 Å². The molecule has 0 atom stereocenters. The molecule has 162 valence electrons. The Morgan fingerprint density at radius 1 is 1.03 bits per heavy atom. The van der Waals surface area contributed by atoms with E-state index in [2.05, 4.69) is 10.3 Å². The highest BCUT2D eigenvalue weighted by molar-refractivity contribution is 6.12. The third kappa shape index (κ3) is 4.50. The number of ketones is 1. The molecule has 31 heavy (non-hydrogen) atoms. The number of anilines is 1. The highest BCUT2D eigenvalue weighted by Gasteiger charge is 2.27. The highest BCUT2D eigenvalue weighted by Crippen LogP contribution is 2.34. The third-order valence-corrected chi connectivity index (χ3v) is 4.38. The summed E-state index contributed by atoms with van der Waals surface area (Å²) in [6.45, 7) is 0.105. The van der Waals surface area contributed by atoms with Gasteiger partial charge in [0.2, 0.25) is 5.78 Å². The van der Waals surface area contributed by atoms with Crippen LogP contribution < -0.4 is 24.7 Å². The second kappa shape index (κ2) is 9.03. The fourth-order valence-corrected chi connectivity index (χ4v) is 2.86. The molecule has 0 amide bonds. The first-order chi connectivity index (χ1) is 14.9. The van der Waals surface area contributed by atoms with Crippen LogP contribution in [0.3, 0.4) is 0 Å². The van der Waals surface area contributed by atoms with E-state index in [0.29, 0.717) is 11.5 Å². The molecule has 2 aromatic carbocycles. The number of hydrogen-bond donors (Lipinski definition) is 2. The zero-order valence-corrected chi connectivity index (χ0v) is 17.0. The molecule has 0 spiro atoms. The second-order valence-electron chi connectivity index (χ2n) is 6.24. The van der Waals surface area contributed by atoms with Crippen molar-refractivity contribution in [2.45, 2.75) is 6.54 Å². The van der Waals surface area contributed by atoms with E-state index in [9.17, 15) is 9.59 Å². The Morgan fingerprint density at radius 3 is 2.26 bits per heavy atom. The maximum Gasteiger partial charge on any atom is 0.512 e. The van der Waals surface area contributed by atoms with Gasteiger partial charge < -0.3 is 29.8 Å². The van der Waals surface area contributed by atoms with Crippen LogP contribution in [0, 0.1) is 0 Å². The Morgan fingerprint density at radius 2 is 1.68 bits per heavy atom. The van der Waals surface area contributed by atoms with Gasteiger partial charge in [0.1, 0.15) is 5.75 Å². The van der Waals surface area contributed by atoms with Crippen molar-refractivity contribution >= 4 is 17.6 Å². The highest BCUT2D eigenvalue weighted by atomic mass is 16.7. The number of nitrogens with zero attached hydrogens (tertiary/aromatic N) is 3. The zero-order chi connectivity index (χ0) is 22.5. The standard InChI is InChI=1S/C20H20N4O7/c1-28-12-6-4-11(5-7-12)10-24-19(31-20(26)27)17(22-23-24)18(25)13-8-15(29-2)16(30-3)9-14(13)21/h4-9H,10,21H2,1-3H3,(H,26,27). The van der Waals surface area contributed by atoms with Crippen molar-refractivity contribution < 1.29 is 33.6 Å². The lowest BCUT2D eigenvalue weighted by Crippen LogP contribution is -2.14. The smallest absolute Gasteiger partial charge is 0.497 e. The summed E-state index contributed by atoms with van der Waals surface area (Å²) in [4.78, 5) is 24.3. The first-order valence-corrected chi connectivity index (χ1v) is 8.91. The third-order valence-electron chi connectivity index (χ3n) is 4.38. The van der Waals surface area contributed by atoms with E-state index in [1.807, 2.05) is 0 Å². The number of ether oxygens (including phenoxy) is 4. The van der Waals surface area contributed by atoms with Crippen LogP contribution in [0.1, 0.15) is 21.6 Å². The largest absolute Gasteiger partial charge is 0.512 e. The number of methoxy groups -OCH3 is 3. The van der Waals surface area contributed by atoms with Gasteiger partial charge in [-0.3, -0.25) is 4.79 Å². The first-order valence-electron chi connectivity index (χ1n) is 8.91. The van der Waals surface area contributed by atoms with Gasteiger partial charge in [0.25, 0.3) is 5.88 Å². The van der Waals surface area contributed by atoms with E-state index < -0.39 is 11.9 Å². The molecule has 1 heterocycles. The quantitative estimate of drug-likeness (QED) is 0.311. The Labute approximate surface area is 176 Å². The van der Waals surface area contributed by atoms with Crippen molar-refractivity contribution in [2.24, 2.45) is 0 Å². The summed E-state index contributed by atoms with van der Waals surface area (Å²) in [5, 5.41) is 16.9. The molecule has 0 aliphatic rings. The molecule has 11 heteroatoms. The molecule has 0 saturated heterocycles. The molecule has 0 unspecified atom stereocenters. The normalized spacial score (nSPS) is 10.4. The van der Waals surface area contributed by atoms with Gasteiger partial charge in [-0.05, 0) is 23.8 Å². The van der Waals surface area contributed by atoms with Crippen LogP contribution in [-0.2, 0) is 6.54 Å². The van der Waals surface area contributed by atoms with E-state index in [0.717, 1.165) is 5.56 Å². The lowest BCUT2D eigenvalue weighted by molar-refractivity contribution is 0.102. The van der Waals surface area contributed by atoms with Crippen molar-refractivity contribution in [3.05, 3.63) is 53.2 Å². The number of benzene rings is 2. The Bertz CT molecular complexity index is 1110. The van der Waals surface area contributed by atoms with Crippen molar-refractivity contribution in [1.82, 2.24) is 15.0 Å². The Balaban J connectivity index is 2.00. The molecule has 0 aliphatic heterocycles. The molecule has 0 bridgehead atoms. The van der Waals surface area contributed by atoms with E-state index in [1.54, 1.807) is 31.4 Å². The number of carbonyl (C=O) groups is 2. The predicted molar refractivity (Wildman–Crippen MR) is 108 cm³/mol. The van der Waals surface area contributed by atoms with Crippen LogP contribution in [-0.4, -0.2) is 53.4 Å². The molecule has 0 radical (unpaired) electrons. The summed E-state index contributed by atoms with van der Waals surface area (Å²) < 4.78 is 21.5. The van der Waals surface area contributed by atoms with Crippen LogP contribution >= 0.6 is 0 Å². The van der Waals surface area contributed by atoms with E-state index >= 15 is 0 Å². The minimum atomic E-state index is -1.62. The van der Waals surface area contributed by atoms with E-state index in [-0.39, 0.29) is 35.1 Å². The number of hydrogen-bond acceptors (Lipinski definition) is 9. The van der Waals surface area contributed by atoms with Crippen LogP contribution in [0.25, 0.3) is 0 Å². The van der Waals surface area contributed by atoms with Gasteiger partial charge in [-0.1, -0.05) is 17.3 Å². The number of rotatable bonds is 8. The minimum Gasteiger partial charge on any atom is -0.497 e. The number of nitrogen functional groups attached to an aromatic ring is 1. The molecule has 0 saturated carbocycles. The molecular weight excluding hydrogens is 408 g/mol. The first kappa shape index (κ1) is 21.4. The maximum atomic E-state index is 13.1.